The number of ether oxygens (including phenoxy) is 1. The van der Waals surface area contributed by atoms with Gasteiger partial charge in [-0.25, -0.2) is 4.39 Å². The van der Waals surface area contributed by atoms with E-state index in [1.165, 1.54) is 12.1 Å². The summed E-state index contributed by atoms with van der Waals surface area (Å²) in [6.45, 7) is 0.430. The molecule has 0 fully saturated rings. The van der Waals surface area contributed by atoms with Crippen LogP contribution in [0.1, 0.15) is 5.56 Å². The summed E-state index contributed by atoms with van der Waals surface area (Å²) in [7, 11) is 1.55. The van der Waals surface area contributed by atoms with E-state index < -0.39 is 5.82 Å². The highest BCUT2D eigenvalue weighted by atomic mass is 35.5. The minimum absolute atomic E-state index is 0.351. The third kappa shape index (κ3) is 3.29. The average molecular weight is 282 g/mol. The molecule has 0 saturated carbocycles. The van der Waals surface area contributed by atoms with Crippen LogP contribution in [0.25, 0.3) is 0 Å². The largest absolute Gasteiger partial charge is 0.505 e. The lowest BCUT2D eigenvalue weighted by Crippen LogP contribution is -2.00. The predicted octanol–water partition coefficient (Wildman–Crippen LogP) is 3.81. The predicted molar refractivity (Wildman–Crippen MR) is 73.4 cm³/mol. The Morgan fingerprint density at radius 3 is 2.68 bits per heavy atom. The number of anilines is 1. The van der Waals surface area contributed by atoms with E-state index in [0.29, 0.717) is 17.3 Å². The van der Waals surface area contributed by atoms with Crippen molar-refractivity contribution < 1.29 is 14.2 Å². The molecule has 0 atom stereocenters. The highest BCUT2D eigenvalue weighted by Crippen LogP contribution is 2.27. The Morgan fingerprint density at radius 1 is 1.26 bits per heavy atom. The van der Waals surface area contributed by atoms with Gasteiger partial charge in [-0.1, -0.05) is 17.7 Å². The van der Waals surface area contributed by atoms with E-state index in [1.54, 1.807) is 25.3 Å². The van der Waals surface area contributed by atoms with Crippen molar-refractivity contribution in [2.75, 3.05) is 12.4 Å². The number of aromatic hydroxyl groups is 1. The van der Waals surface area contributed by atoms with Gasteiger partial charge in [0.15, 0.2) is 11.6 Å². The van der Waals surface area contributed by atoms with Crippen LogP contribution >= 0.6 is 11.6 Å². The molecule has 5 heteroatoms. The smallest absolute Gasteiger partial charge is 0.165 e. The number of methoxy groups -OCH3 is 1. The minimum atomic E-state index is -0.632. The molecule has 0 saturated heterocycles. The van der Waals surface area contributed by atoms with Crippen molar-refractivity contribution in [1.29, 1.82) is 0 Å². The fourth-order valence-corrected chi connectivity index (χ4v) is 1.90. The molecule has 19 heavy (non-hydrogen) atoms. The maximum atomic E-state index is 13.2. The standard InChI is InChI=1S/C14H13ClFNO2/c1-19-14-5-3-10(7-11(14)15)17-8-9-2-4-13(18)12(16)6-9/h2-7,17-18H,8H2,1H3. The molecule has 0 bridgehead atoms. The fourth-order valence-electron chi connectivity index (χ4n) is 1.64. The minimum Gasteiger partial charge on any atom is -0.505 e. The van der Waals surface area contributed by atoms with Gasteiger partial charge in [0, 0.05) is 12.2 Å². The number of hydrogen-bond donors (Lipinski definition) is 2. The van der Waals surface area contributed by atoms with Crippen LogP contribution in [-0.2, 0) is 6.54 Å². The molecule has 0 aliphatic heterocycles. The van der Waals surface area contributed by atoms with E-state index in [9.17, 15) is 4.39 Å². The molecule has 2 aromatic carbocycles. The van der Waals surface area contributed by atoms with Crippen LogP contribution in [0.15, 0.2) is 36.4 Å². The van der Waals surface area contributed by atoms with E-state index >= 15 is 0 Å². The van der Waals surface area contributed by atoms with Crippen molar-refractivity contribution in [2.45, 2.75) is 6.54 Å². The summed E-state index contributed by atoms with van der Waals surface area (Å²) in [6, 6.07) is 9.57. The fraction of sp³-hybridized carbons (Fsp3) is 0.143. The van der Waals surface area contributed by atoms with Crippen molar-refractivity contribution in [3.63, 3.8) is 0 Å². The summed E-state index contributed by atoms with van der Waals surface area (Å²) in [5.41, 5.74) is 1.53. The van der Waals surface area contributed by atoms with Crippen molar-refractivity contribution in [3.05, 3.63) is 52.8 Å². The van der Waals surface area contributed by atoms with Crippen molar-refractivity contribution in [1.82, 2.24) is 0 Å². The number of nitrogens with one attached hydrogen (secondary N) is 1. The highest BCUT2D eigenvalue weighted by molar-refractivity contribution is 6.32. The molecule has 0 aromatic heterocycles. The molecular weight excluding hydrogens is 269 g/mol. The molecule has 0 unspecified atom stereocenters. The first-order valence-electron chi connectivity index (χ1n) is 5.65. The Hall–Kier alpha value is -1.94. The van der Waals surface area contributed by atoms with Gasteiger partial charge in [0.2, 0.25) is 0 Å². The monoisotopic (exact) mass is 281 g/mol. The van der Waals surface area contributed by atoms with Crippen LogP contribution in [0.4, 0.5) is 10.1 Å². The van der Waals surface area contributed by atoms with Crippen LogP contribution < -0.4 is 10.1 Å². The van der Waals surface area contributed by atoms with Crippen LogP contribution in [-0.4, -0.2) is 12.2 Å². The Bertz CT molecular complexity index is 590. The van der Waals surface area contributed by atoms with Crippen molar-refractivity contribution in [3.8, 4) is 11.5 Å². The summed E-state index contributed by atoms with van der Waals surface area (Å²) >= 11 is 6.00. The molecule has 0 amide bonds. The Morgan fingerprint density at radius 2 is 2.05 bits per heavy atom. The summed E-state index contributed by atoms with van der Waals surface area (Å²) in [5, 5.41) is 12.7. The third-order valence-electron chi connectivity index (χ3n) is 2.66. The first kappa shape index (κ1) is 13.5. The zero-order valence-electron chi connectivity index (χ0n) is 10.3. The number of hydrogen-bond acceptors (Lipinski definition) is 3. The number of halogens is 2. The van der Waals surface area contributed by atoms with Gasteiger partial charge in [0.1, 0.15) is 5.75 Å². The molecule has 0 heterocycles. The highest BCUT2D eigenvalue weighted by Gasteiger charge is 2.03. The number of phenols is 1. The lowest BCUT2D eigenvalue weighted by Gasteiger charge is -2.09. The zero-order chi connectivity index (χ0) is 13.8. The molecule has 2 rings (SSSR count). The number of rotatable bonds is 4. The van der Waals surface area contributed by atoms with Crippen molar-refractivity contribution in [2.24, 2.45) is 0 Å². The maximum Gasteiger partial charge on any atom is 0.165 e. The Kier molecular flexibility index (Phi) is 4.12. The van der Waals surface area contributed by atoms with Crippen LogP contribution in [0.3, 0.4) is 0 Å². The van der Waals surface area contributed by atoms with E-state index in [1.807, 2.05) is 6.07 Å². The molecule has 0 radical (unpaired) electrons. The van der Waals surface area contributed by atoms with Crippen LogP contribution in [0.2, 0.25) is 5.02 Å². The summed E-state index contributed by atoms with van der Waals surface area (Å²) in [5.74, 6) is -0.383. The van der Waals surface area contributed by atoms with E-state index in [0.717, 1.165) is 11.3 Å². The van der Waals surface area contributed by atoms with Gasteiger partial charge in [-0.05, 0) is 35.9 Å². The molecule has 3 nitrogen and oxygen atoms in total. The third-order valence-corrected chi connectivity index (χ3v) is 2.96. The summed E-state index contributed by atoms with van der Waals surface area (Å²) < 4.78 is 18.2. The van der Waals surface area contributed by atoms with Gasteiger partial charge in [-0.2, -0.15) is 0 Å². The van der Waals surface area contributed by atoms with Gasteiger partial charge < -0.3 is 15.2 Å². The zero-order valence-corrected chi connectivity index (χ0v) is 11.0. The first-order chi connectivity index (χ1) is 9.10. The SMILES string of the molecule is COc1ccc(NCc2ccc(O)c(F)c2)cc1Cl. The van der Waals surface area contributed by atoms with Crippen LogP contribution in [0.5, 0.6) is 11.5 Å². The number of phenolic OH excluding ortho intramolecular Hbond substituents is 1. The van der Waals surface area contributed by atoms with E-state index in [2.05, 4.69) is 5.32 Å². The van der Waals surface area contributed by atoms with E-state index in [-0.39, 0.29) is 5.75 Å². The summed E-state index contributed by atoms with van der Waals surface area (Å²) in [6.07, 6.45) is 0. The molecule has 0 aliphatic carbocycles. The molecule has 2 N–H and O–H groups in total. The van der Waals surface area contributed by atoms with Crippen LogP contribution in [0, 0.1) is 5.82 Å². The van der Waals surface area contributed by atoms with E-state index in [4.69, 9.17) is 21.4 Å². The van der Waals surface area contributed by atoms with Gasteiger partial charge in [0.25, 0.3) is 0 Å². The maximum absolute atomic E-state index is 13.2. The quantitative estimate of drug-likeness (QED) is 0.895. The second-order valence-electron chi connectivity index (χ2n) is 3.99. The molecular formula is C14H13ClFNO2. The van der Waals surface area contributed by atoms with Gasteiger partial charge >= 0.3 is 0 Å². The average Bonchev–Trinajstić information content (AvgIpc) is 2.40. The molecule has 100 valence electrons. The first-order valence-corrected chi connectivity index (χ1v) is 6.03. The van der Waals surface area contributed by atoms with Gasteiger partial charge in [-0.3, -0.25) is 0 Å². The molecule has 2 aromatic rings. The summed E-state index contributed by atoms with van der Waals surface area (Å²) in [4.78, 5) is 0. The Balaban J connectivity index is 2.05. The number of benzene rings is 2. The van der Waals surface area contributed by atoms with Gasteiger partial charge in [0.05, 0.1) is 12.1 Å². The second-order valence-corrected chi connectivity index (χ2v) is 4.40. The van der Waals surface area contributed by atoms with Crippen molar-refractivity contribution >= 4 is 17.3 Å². The second kappa shape index (κ2) is 5.80. The normalized spacial score (nSPS) is 10.3. The Labute approximate surface area is 115 Å². The van der Waals surface area contributed by atoms with Gasteiger partial charge in [-0.15, -0.1) is 0 Å². The molecule has 0 spiro atoms. The molecule has 0 aliphatic rings. The lowest BCUT2D eigenvalue weighted by atomic mass is 10.2. The topological polar surface area (TPSA) is 41.5 Å². The lowest BCUT2D eigenvalue weighted by molar-refractivity contribution is 0.415.